The first-order valence-corrected chi connectivity index (χ1v) is 15.8. The number of sulfonamides is 1. The van der Waals surface area contributed by atoms with E-state index in [9.17, 15) is 16.8 Å². The van der Waals surface area contributed by atoms with Crippen LogP contribution in [0.15, 0.2) is 71.0 Å². The fraction of sp³-hybridized carbons (Fsp3) is 0.292. The second-order valence-corrected chi connectivity index (χ2v) is 12.6. The Labute approximate surface area is 215 Å². The SMILES string of the molecule is O=[SH](=O)Nc1ccc(C[C@H](NS(=O)(=O)CCCC2=CCCC=C2)c2csc(-c3cccs3)n2)cc1. The minimum atomic E-state index is -3.54. The van der Waals surface area contributed by atoms with Crippen molar-refractivity contribution >= 4 is 49.3 Å². The zero-order valence-corrected chi connectivity index (χ0v) is 22.3. The first kappa shape index (κ1) is 25.8. The quantitative estimate of drug-likeness (QED) is 0.274. The molecule has 7 nitrogen and oxygen atoms in total. The predicted octanol–water partition coefficient (Wildman–Crippen LogP) is 5.07. The molecule has 35 heavy (non-hydrogen) atoms. The number of benzene rings is 1. The molecule has 0 spiro atoms. The van der Waals surface area contributed by atoms with E-state index >= 15 is 0 Å². The molecule has 2 aromatic heterocycles. The summed E-state index contributed by atoms with van der Waals surface area (Å²) in [5.41, 5.74) is 3.19. The number of nitrogens with one attached hydrogen (secondary N) is 2. The minimum absolute atomic E-state index is 0.0377. The molecule has 1 atom stereocenters. The highest BCUT2D eigenvalue weighted by Gasteiger charge is 2.23. The molecule has 0 aliphatic heterocycles. The van der Waals surface area contributed by atoms with E-state index in [2.05, 4.69) is 27.7 Å². The molecule has 0 amide bonds. The Balaban J connectivity index is 1.49. The predicted molar refractivity (Wildman–Crippen MR) is 145 cm³/mol. The molecule has 0 saturated heterocycles. The number of thiophene rings is 1. The first-order chi connectivity index (χ1) is 16.9. The van der Waals surface area contributed by atoms with E-state index < -0.39 is 27.0 Å². The summed E-state index contributed by atoms with van der Waals surface area (Å²) in [6.07, 6.45) is 10.1. The Morgan fingerprint density at radius 1 is 1.09 bits per heavy atom. The van der Waals surface area contributed by atoms with Gasteiger partial charge in [0.1, 0.15) is 5.01 Å². The molecule has 4 rings (SSSR count). The average Bonchev–Trinajstić information content (AvgIpc) is 3.52. The van der Waals surface area contributed by atoms with Gasteiger partial charge in [-0.25, -0.2) is 26.5 Å². The van der Waals surface area contributed by atoms with Crippen LogP contribution >= 0.6 is 22.7 Å². The summed E-state index contributed by atoms with van der Waals surface area (Å²) in [6, 6.07) is 10.3. The lowest BCUT2D eigenvalue weighted by atomic mass is 10.0. The zero-order chi connectivity index (χ0) is 24.7. The molecule has 0 saturated carbocycles. The molecule has 186 valence electrons. The highest BCUT2D eigenvalue weighted by Crippen LogP contribution is 2.31. The van der Waals surface area contributed by atoms with Crippen molar-refractivity contribution in [1.29, 1.82) is 0 Å². The van der Waals surface area contributed by atoms with Gasteiger partial charge in [0.2, 0.25) is 20.9 Å². The smallest absolute Gasteiger partial charge is 0.222 e. The number of hydrogen-bond acceptors (Lipinski definition) is 7. The third-order valence-electron chi connectivity index (χ3n) is 5.50. The van der Waals surface area contributed by atoms with Crippen LogP contribution in [0.1, 0.15) is 43.0 Å². The second kappa shape index (κ2) is 12.1. The van der Waals surface area contributed by atoms with E-state index in [-0.39, 0.29) is 5.75 Å². The van der Waals surface area contributed by atoms with E-state index in [1.165, 1.54) is 16.9 Å². The maximum Gasteiger partial charge on any atom is 0.222 e. The second-order valence-electron chi connectivity index (χ2n) is 8.18. The van der Waals surface area contributed by atoms with Crippen molar-refractivity contribution in [3.8, 4) is 9.88 Å². The van der Waals surface area contributed by atoms with Crippen LogP contribution in [-0.2, 0) is 27.3 Å². The van der Waals surface area contributed by atoms with Gasteiger partial charge in [-0.15, -0.1) is 22.7 Å². The van der Waals surface area contributed by atoms with Gasteiger partial charge in [-0.3, -0.25) is 4.72 Å². The number of thiazole rings is 1. The first-order valence-electron chi connectivity index (χ1n) is 11.2. The van der Waals surface area contributed by atoms with Gasteiger partial charge >= 0.3 is 0 Å². The molecule has 0 fully saturated rings. The highest BCUT2D eigenvalue weighted by atomic mass is 32.2. The van der Waals surface area contributed by atoms with E-state index in [1.807, 2.05) is 22.9 Å². The van der Waals surface area contributed by atoms with E-state index in [0.29, 0.717) is 24.2 Å². The number of anilines is 1. The molecule has 2 N–H and O–H groups in total. The van der Waals surface area contributed by atoms with Gasteiger partial charge in [0.05, 0.1) is 22.4 Å². The van der Waals surface area contributed by atoms with Gasteiger partial charge in [-0.2, -0.15) is 0 Å². The lowest BCUT2D eigenvalue weighted by molar-refractivity contribution is 0.549. The summed E-state index contributed by atoms with van der Waals surface area (Å²) < 4.78 is 53.0. The van der Waals surface area contributed by atoms with Crippen molar-refractivity contribution < 1.29 is 16.8 Å². The van der Waals surface area contributed by atoms with Crippen LogP contribution in [0.2, 0.25) is 0 Å². The van der Waals surface area contributed by atoms with Crippen LogP contribution in [0.25, 0.3) is 9.88 Å². The number of rotatable bonds is 12. The van der Waals surface area contributed by atoms with Gasteiger partial charge in [0.25, 0.3) is 0 Å². The molecule has 1 aromatic carbocycles. The van der Waals surface area contributed by atoms with Gasteiger partial charge < -0.3 is 0 Å². The van der Waals surface area contributed by atoms with Crippen LogP contribution in [-0.4, -0.2) is 27.6 Å². The number of thiol groups is 1. The van der Waals surface area contributed by atoms with Crippen LogP contribution in [0, 0.1) is 0 Å². The number of nitrogens with zero attached hydrogens (tertiary/aromatic N) is 1. The number of hydrogen-bond donors (Lipinski definition) is 3. The number of allylic oxidation sites excluding steroid dienone is 4. The summed E-state index contributed by atoms with van der Waals surface area (Å²) in [4.78, 5) is 5.78. The molecular formula is C24H27N3O4S4. The largest absolute Gasteiger partial charge is 0.286 e. The van der Waals surface area contributed by atoms with Crippen LogP contribution < -0.4 is 9.44 Å². The topological polar surface area (TPSA) is 105 Å². The Kier molecular flexibility index (Phi) is 8.90. The lowest BCUT2D eigenvalue weighted by Crippen LogP contribution is -2.32. The molecule has 0 radical (unpaired) electrons. The molecule has 1 aliphatic rings. The Hall–Kier alpha value is -2.31. The standard InChI is InChI=1S/C24H27N3O4S4/c28-34(29)26-20-12-10-19(11-13-20)16-21(22-17-33-24(25-22)23-9-4-14-32-23)27-35(30,31)15-5-8-18-6-2-1-3-7-18/h2,4,6-7,9-14,17,21,27,34H,1,3,5,8,15-16H2,(H,26,28,29)/t21-/m0/s1. The van der Waals surface area contributed by atoms with E-state index in [1.54, 1.807) is 35.6 Å². The molecular weight excluding hydrogens is 523 g/mol. The van der Waals surface area contributed by atoms with Gasteiger partial charge in [0.15, 0.2) is 0 Å². The van der Waals surface area contributed by atoms with Crippen molar-refractivity contribution in [2.24, 2.45) is 0 Å². The molecule has 0 unspecified atom stereocenters. The monoisotopic (exact) mass is 549 g/mol. The summed E-state index contributed by atoms with van der Waals surface area (Å²) in [5.74, 6) is 0.0377. The van der Waals surface area contributed by atoms with Gasteiger partial charge in [0, 0.05) is 11.1 Å². The summed E-state index contributed by atoms with van der Waals surface area (Å²) in [7, 11) is -6.29. The Morgan fingerprint density at radius 2 is 1.91 bits per heavy atom. The molecule has 1 aliphatic carbocycles. The van der Waals surface area contributed by atoms with Gasteiger partial charge in [-0.1, -0.05) is 42.0 Å². The lowest BCUT2D eigenvalue weighted by Gasteiger charge is -2.18. The van der Waals surface area contributed by atoms with Crippen molar-refractivity contribution in [2.75, 3.05) is 10.5 Å². The van der Waals surface area contributed by atoms with Crippen molar-refractivity contribution in [2.45, 2.75) is 38.1 Å². The number of aromatic nitrogens is 1. The third kappa shape index (κ3) is 7.84. The van der Waals surface area contributed by atoms with E-state index in [0.717, 1.165) is 34.7 Å². The minimum Gasteiger partial charge on any atom is -0.286 e. The van der Waals surface area contributed by atoms with E-state index in [4.69, 9.17) is 4.98 Å². The molecule has 2 heterocycles. The third-order valence-corrected chi connectivity index (χ3v) is 9.31. The Bertz CT molecular complexity index is 1350. The fourth-order valence-corrected chi connectivity index (χ4v) is 7.15. The van der Waals surface area contributed by atoms with Crippen molar-refractivity contribution in [3.05, 3.63) is 82.2 Å². The van der Waals surface area contributed by atoms with Crippen LogP contribution in [0.4, 0.5) is 5.69 Å². The molecule has 11 heteroatoms. The summed E-state index contributed by atoms with van der Waals surface area (Å²) >= 11 is 3.08. The fourth-order valence-electron chi connectivity index (χ4n) is 3.82. The molecule has 3 aromatic rings. The zero-order valence-electron chi connectivity index (χ0n) is 18.9. The maximum atomic E-state index is 13.0. The van der Waals surface area contributed by atoms with Crippen molar-refractivity contribution in [3.63, 3.8) is 0 Å². The highest BCUT2D eigenvalue weighted by molar-refractivity contribution is 7.89. The maximum absolute atomic E-state index is 13.0. The average molecular weight is 550 g/mol. The summed E-state index contributed by atoms with van der Waals surface area (Å²) in [6.45, 7) is 0. The van der Waals surface area contributed by atoms with Crippen LogP contribution in [0.5, 0.6) is 0 Å². The normalized spacial score (nSPS) is 14.7. The van der Waals surface area contributed by atoms with Crippen LogP contribution in [0.3, 0.4) is 0 Å². The molecule has 0 bridgehead atoms. The summed E-state index contributed by atoms with van der Waals surface area (Å²) in [5, 5.41) is 4.74. The van der Waals surface area contributed by atoms with Gasteiger partial charge in [-0.05, 0) is 61.2 Å². The van der Waals surface area contributed by atoms with Crippen molar-refractivity contribution in [1.82, 2.24) is 9.71 Å². The Morgan fingerprint density at radius 3 is 2.60 bits per heavy atom.